The Kier molecular flexibility index (Phi) is 4.97. The summed E-state index contributed by atoms with van der Waals surface area (Å²) in [5, 5.41) is 3.70. The fourth-order valence-electron chi connectivity index (χ4n) is 4.52. The van der Waals surface area contributed by atoms with E-state index < -0.39 is 0 Å². The number of nitrogens with zero attached hydrogens (tertiary/aromatic N) is 1. The van der Waals surface area contributed by atoms with Crippen molar-refractivity contribution in [1.82, 2.24) is 10.2 Å². The summed E-state index contributed by atoms with van der Waals surface area (Å²) in [5.41, 5.74) is 1.44. The SMILES string of the molecule is CCNC(c1ccccc1)C(C)CN1CC2CCCC2C1. The van der Waals surface area contributed by atoms with Crippen LogP contribution in [-0.2, 0) is 0 Å². The second kappa shape index (κ2) is 6.93. The van der Waals surface area contributed by atoms with E-state index in [4.69, 9.17) is 0 Å². The van der Waals surface area contributed by atoms with Crippen LogP contribution in [0, 0.1) is 17.8 Å². The van der Waals surface area contributed by atoms with Gasteiger partial charge in [-0.1, -0.05) is 50.6 Å². The van der Waals surface area contributed by atoms with Crippen molar-refractivity contribution < 1.29 is 0 Å². The van der Waals surface area contributed by atoms with E-state index in [1.54, 1.807) is 0 Å². The monoisotopic (exact) mass is 286 g/mol. The molecule has 0 radical (unpaired) electrons. The molecule has 4 atom stereocenters. The van der Waals surface area contributed by atoms with Gasteiger partial charge in [0.1, 0.15) is 0 Å². The predicted octanol–water partition coefficient (Wildman–Crippen LogP) is 3.71. The maximum Gasteiger partial charge on any atom is 0.0358 e. The van der Waals surface area contributed by atoms with E-state index in [0.717, 1.165) is 18.4 Å². The van der Waals surface area contributed by atoms with E-state index in [1.165, 1.54) is 44.5 Å². The number of hydrogen-bond donors (Lipinski definition) is 1. The molecule has 0 bridgehead atoms. The Morgan fingerprint density at radius 3 is 2.43 bits per heavy atom. The zero-order chi connectivity index (χ0) is 14.7. The van der Waals surface area contributed by atoms with Crippen molar-refractivity contribution in [2.45, 2.75) is 39.2 Å². The molecule has 4 unspecified atom stereocenters. The number of benzene rings is 1. The van der Waals surface area contributed by atoms with E-state index in [1.807, 2.05) is 0 Å². The summed E-state index contributed by atoms with van der Waals surface area (Å²) in [5.74, 6) is 2.67. The van der Waals surface area contributed by atoms with Crippen LogP contribution in [0.5, 0.6) is 0 Å². The maximum atomic E-state index is 3.70. The van der Waals surface area contributed by atoms with Gasteiger partial charge in [0, 0.05) is 25.7 Å². The van der Waals surface area contributed by atoms with Gasteiger partial charge >= 0.3 is 0 Å². The van der Waals surface area contributed by atoms with Crippen molar-refractivity contribution in [2.75, 3.05) is 26.2 Å². The van der Waals surface area contributed by atoms with Crippen molar-refractivity contribution in [3.63, 3.8) is 0 Å². The van der Waals surface area contributed by atoms with Crippen LogP contribution in [-0.4, -0.2) is 31.1 Å². The molecule has 3 rings (SSSR count). The lowest BCUT2D eigenvalue weighted by Crippen LogP contribution is -2.35. The highest BCUT2D eigenvalue weighted by molar-refractivity contribution is 5.19. The lowest BCUT2D eigenvalue weighted by atomic mass is 9.94. The number of nitrogens with one attached hydrogen (secondary N) is 1. The molecule has 1 aromatic carbocycles. The molecule has 1 saturated heterocycles. The summed E-state index contributed by atoms with van der Waals surface area (Å²) in [6.45, 7) is 9.59. The van der Waals surface area contributed by atoms with Crippen molar-refractivity contribution in [3.8, 4) is 0 Å². The van der Waals surface area contributed by atoms with Crippen LogP contribution in [0.2, 0.25) is 0 Å². The van der Waals surface area contributed by atoms with Crippen LogP contribution >= 0.6 is 0 Å². The topological polar surface area (TPSA) is 15.3 Å². The van der Waals surface area contributed by atoms with E-state index in [-0.39, 0.29) is 0 Å². The summed E-state index contributed by atoms with van der Waals surface area (Å²) in [7, 11) is 0. The normalized spacial score (nSPS) is 28.5. The van der Waals surface area contributed by atoms with Gasteiger partial charge < -0.3 is 10.2 Å². The van der Waals surface area contributed by atoms with Gasteiger partial charge in [-0.3, -0.25) is 0 Å². The van der Waals surface area contributed by atoms with Crippen LogP contribution < -0.4 is 5.32 Å². The highest BCUT2D eigenvalue weighted by atomic mass is 15.2. The summed E-state index contributed by atoms with van der Waals surface area (Å²) in [6.07, 6.45) is 4.43. The zero-order valence-corrected chi connectivity index (χ0v) is 13.6. The molecule has 2 nitrogen and oxygen atoms in total. The van der Waals surface area contributed by atoms with E-state index in [9.17, 15) is 0 Å². The van der Waals surface area contributed by atoms with Crippen LogP contribution in [0.25, 0.3) is 0 Å². The van der Waals surface area contributed by atoms with Crippen LogP contribution in [0.4, 0.5) is 0 Å². The lowest BCUT2D eigenvalue weighted by Gasteiger charge is -2.29. The van der Waals surface area contributed by atoms with Crippen molar-refractivity contribution >= 4 is 0 Å². The van der Waals surface area contributed by atoms with E-state index in [2.05, 4.69) is 54.4 Å². The Morgan fingerprint density at radius 2 is 1.81 bits per heavy atom. The second-order valence-electron chi connectivity index (χ2n) is 7.09. The summed E-state index contributed by atoms with van der Waals surface area (Å²) >= 11 is 0. The average molecular weight is 286 g/mol. The molecule has 0 amide bonds. The molecule has 1 saturated carbocycles. The Labute approximate surface area is 129 Å². The largest absolute Gasteiger partial charge is 0.310 e. The molecule has 1 aliphatic carbocycles. The van der Waals surface area contributed by atoms with Gasteiger partial charge in [-0.25, -0.2) is 0 Å². The molecule has 1 aliphatic heterocycles. The van der Waals surface area contributed by atoms with Crippen molar-refractivity contribution in [3.05, 3.63) is 35.9 Å². The minimum absolute atomic E-state index is 0.483. The van der Waals surface area contributed by atoms with Gasteiger partial charge in [0.25, 0.3) is 0 Å². The van der Waals surface area contributed by atoms with E-state index >= 15 is 0 Å². The summed E-state index contributed by atoms with van der Waals surface area (Å²) in [4.78, 5) is 2.73. The molecule has 0 spiro atoms. The highest BCUT2D eigenvalue weighted by Gasteiger charge is 2.36. The minimum Gasteiger partial charge on any atom is -0.310 e. The molecule has 0 aromatic heterocycles. The number of hydrogen-bond acceptors (Lipinski definition) is 2. The first kappa shape index (κ1) is 15.1. The number of rotatable bonds is 6. The van der Waals surface area contributed by atoms with Crippen LogP contribution in [0.15, 0.2) is 30.3 Å². The number of likely N-dealkylation sites (tertiary alicyclic amines) is 1. The highest BCUT2D eigenvalue weighted by Crippen LogP contribution is 2.38. The lowest BCUT2D eigenvalue weighted by molar-refractivity contribution is 0.234. The Hall–Kier alpha value is -0.860. The molecule has 2 heteroatoms. The van der Waals surface area contributed by atoms with Crippen molar-refractivity contribution in [1.29, 1.82) is 0 Å². The third kappa shape index (κ3) is 3.49. The van der Waals surface area contributed by atoms with E-state index in [0.29, 0.717) is 12.0 Å². The van der Waals surface area contributed by atoms with Gasteiger partial charge in [0.15, 0.2) is 0 Å². The summed E-state index contributed by atoms with van der Waals surface area (Å²) in [6, 6.07) is 11.4. The fraction of sp³-hybridized carbons (Fsp3) is 0.684. The summed E-state index contributed by atoms with van der Waals surface area (Å²) < 4.78 is 0. The first-order chi connectivity index (χ1) is 10.3. The van der Waals surface area contributed by atoms with Crippen molar-refractivity contribution in [2.24, 2.45) is 17.8 Å². The average Bonchev–Trinajstić information content (AvgIpc) is 3.06. The Balaban J connectivity index is 1.61. The van der Waals surface area contributed by atoms with Gasteiger partial charge in [0.05, 0.1) is 0 Å². The van der Waals surface area contributed by atoms with Gasteiger partial charge in [-0.05, 0) is 42.7 Å². The molecule has 1 aromatic rings. The fourth-order valence-corrected chi connectivity index (χ4v) is 4.52. The molecule has 2 aliphatic rings. The standard InChI is InChI=1S/C19H30N2/c1-3-20-19(16-8-5-4-6-9-16)15(2)12-21-13-17-10-7-11-18(17)14-21/h4-6,8-9,15,17-20H,3,7,10-14H2,1-2H3. The molecule has 1 heterocycles. The van der Waals surface area contributed by atoms with Crippen LogP contribution in [0.1, 0.15) is 44.7 Å². The second-order valence-corrected chi connectivity index (χ2v) is 7.09. The van der Waals surface area contributed by atoms with Gasteiger partial charge in [-0.2, -0.15) is 0 Å². The minimum atomic E-state index is 0.483. The third-order valence-corrected chi connectivity index (χ3v) is 5.50. The smallest absolute Gasteiger partial charge is 0.0358 e. The molecular weight excluding hydrogens is 256 g/mol. The van der Waals surface area contributed by atoms with Gasteiger partial charge in [-0.15, -0.1) is 0 Å². The zero-order valence-electron chi connectivity index (χ0n) is 13.6. The predicted molar refractivity (Wildman–Crippen MR) is 89.3 cm³/mol. The maximum absolute atomic E-state index is 3.70. The first-order valence-corrected chi connectivity index (χ1v) is 8.78. The number of fused-ring (bicyclic) bond motifs is 1. The third-order valence-electron chi connectivity index (χ3n) is 5.50. The van der Waals surface area contributed by atoms with Gasteiger partial charge in [0.2, 0.25) is 0 Å². The molecule has 2 fully saturated rings. The molecule has 116 valence electrons. The molecule has 21 heavy (non-hydrogen) atoms. The molecular formula is C19H30N2. The molecule has 1 N–H and O–H groups in total. The Morgan fingerprint density at radius 1 is 1.14 bits per heavy atom. The Bertz CT molecular complexity index is 418. The van der Waals surface area contributed by atoms with Crippen LogP contribution in [0.3, 0.4) is 0 Å². The quantitative estimate of drug-likeness (QED) is 0.857. The first-order valence-electron chi connectivity index (χ1n) is 8.78.